The van der Waals surface area contributed by atoms with E-state index in [-0.39, 0.29) is 23.6 Å². The number of benzene rings is 2. The molecule has 1 aliphatic rings. The van der Waals surface area contributed by atoms with Gasteiger partial charge in [0.15, 0.2) is 11.6 Å². The van der Waals surface area contributed by atoms with Gasteiger partial charge in [-0.1, -0.05) is 29.8 Å². The maximum atomic E-state index is 13.8. The molecule has 0 spiro atoms. The minimum Gasteiger partial charge on any atom is -0.436 e. The zero-order chi connectivity index (χ0) is 21.1. The van der Waals surface area contributed by atoms with E-state index in [1.54, 1.807) is 24.3 Å². The van der Waals surface area contributed by atoms with Crippen LogP contribution < -0.4 is 9.64 Å². The average molecular weight is 406 g/mol. The van der Waals surface area contributed by atoms with Crippen molar-refractivity contribution >= 4 is 11.7 Å². The highest BCUT2D eigenvalue weighted by Gasteiger charge is 2.29. The first kappa shape index (κ1) is 19.8. The molecule has 1 aliphatic heterocycles. The van der Waals surface area contributed by atoms with Crippen LogP contribution in [0.2, 0.25) is 0 Å². The molecule has 2 heterocycles. The Morgan fingerprint density at radius 1 is 1.10 bits per heavy atom. The lowest BCUT2D eigenvalue weighted by atomic mass is 10.1. The molecule has 1 atom stereocenters. The third kappa shape index (κ3) is 4.25. The fourth-order valence-electron chi connectivity index (χ4n) is 3.53. The van der Waals surface area contributed by atoms with Gasteiger partial charge in [-0.15, -0.1) is 0 Å². The lowest BCUT2D eigenvalue weighted by Gasteiger charge is -2.40. The van der Waals surface area contributed by atoms with Crippen molar-refractivity contribution in [2.75, 3.05) is 24.5 Å². The summed E-state index contributed by atoms with van der Waals surface area (Å²) in [5.74, 6) is 0.661. The summed E-state index contributed by atoms with van der Waals surface area (Å²) in [6.45, 7) is 5.88. The number of anilines is 1. The average Bonchev–Trinajstić information content (AvgIpc) is 2.75. The summed E-state index contributed by atoms with van der Waals surface area (Å²) in [6.07, 6.45) is 1.40. The second kappa shape index (κ2) is 8.49. The Morgan fingerprint density at radius 3 is 2.60 bits per heavy atom. The Balaban J connectivity index is 1.45. The van der Waals surface area contributed by atoms with Crippen molar-refractivity contribution in [3.05, 3.63) is 77.9 Å². The number of nitrogens with zero attached hydrogens (tertiary/aromatic N) is 4. The minimum atomic E-state index is -0.450. The van der Waals surface area contributed by atoms with Crippen LogP contribution in [0, 0.1) is 12.7 Å². The van der Waals surface area contributed by atoms with E-state index in [2.05, 4.69) is 14.9 Å². The topological polar surface area (TPSA) is 58.6 Å². The number of piperazine rings is 1. The van der Waals surface area contributed by atoms with Gasteiger partial charge in [0.05, 0.1) is 0 Å². The summed E-state index contributed by atoms with van der Waals surface area (Å²) in [5, 5.41) is 0. The van der Waals surface area contributed by atoms with Crippen LogP contribution in [0.3, 0.4) is 0 Å². The maximum absolute atomic E-state index is 13.8. The van der Waals surface area contributed by atoms with E-state index < -0.39 is 5.82 Å². The Hall–Kier alpha value is -3.48. The molecule has 2 aromatic carbocycles. The van der Waals surface area contributed by atoms with Gasteiger partial charge in [0.1, 0.15) is 12.1 Å². The molecule has 4 rings (SSSR count). The van der Waals surface area contributed by atoms with Crippen LogP contribution in [-0.2, 0) is 0 Å². The summed E-state index contributed by atoms with van der Waals surface area (Å²) >= 11 is 0. The highest BCUT2D eigenvalue weighted by molar-refractivity contribution is 5.94. The molecular formula is C23H23FN4O2. The predicted octanol–water partition coefficient (Wildman–Crippen LogP) is 4.07. The highest BCUT2D eigenvalue weighted by Crippen LogP contribution is 2.26. The third-order valence-electron chi connectivity index (χ3n) is 5.19. The maximum Gasteiger partial charge on any atom is 0.254 e. The Labute approximate surface area is 174 Å². The monoisotopic (exact) mass is 406 g/mol. The molecule has 6 nitrogen and oxygen atoms in total. The van der Waals surface area contributed by atoms with E-state index in [1.165, 1.54) is 12.4 Å². The van der Waals surface area contributed by atoms with Crippen molar-refractivity contribution < 1.29 is 13.9 Å². The van der Waals surface area contributed by atoms with Crippen LogP contribution in [0.4, 0.5) is 10.2 Å². The SMILES string of the molecule is Cc1ccc(C(=O)N2CCN(c3cc(Oc4ccccc4F)ncn3)C[C@@H]2C)cc1. The van der Waals surface area contributed by atoms with Gasteiger partial charge >= 0.3 is 0 Å². The fourth-order valence-corrected chi connectivity index (χ4v) is 3.53. The molecule has 1 aromatic heterocycles. The summed E-state index contributed by atoms with van der Waals surface area (Å²) in [5.41, 5.74) is 1.82. The number of aromatic nitrogens is 2. The molecular weight excluding hydrogens is 383 g/mol. The molecule has 154 valence electrons. The van der Waals surface area contributed by atoms with Gasteiger partial charge < -0.3 is 14.5 Å². The second-order valence-corrected chi connectivity index (χ2v) is 7.41. The molecule has 1 fully saturated rings. The Morgan fingerprint density at radius 2 is 1.87 bits per heavy atom. The molecule has 0 N–H and O–H groups in total. The van der Waals surface area contributed by atoms with Crippen LogP contribution in [-0.4, -0.2) is 46.5 Å². The van der Waals surface area contributed by atoms with Gasteiger partial charge in [-0.2, -0.15) is 0 Å². The lowest BCUT2D eigenvalue weighted by molar-refractivity contribution is 0.0673. The van der Waals surface area contributed by atoms with Crippen LogP contribution in [0.15, 0.2) is 60.9 Å². The van der Waals surface area contributed by atoms with E-state index in [1.807, 2.05) is 43.0 Å². The molecule has 1 saturated heterocycles. The van der Waals surface area contributed by atoms with Gasteiger partial charge in [-0.05, 0) is 38.1 Å². The van der Waals surface area contributed by atoms with Gasteiger partial charge in [0.2, 0.25) is 5.88 Å². The van der Waals surface area contributed by atoms with Crippen molar-refractivity contribution in [2.45, 2.75) is 19.9 Å². The van der Waals surface area contributed by atoms with Gasteiger partial charge in [-0.3, -0.25) is 4.79 Å². The molecule has 0 aliphatic carbocycles. The molecule has 30 heavy (non-hydrogen) atoms. The minimum absolute atomic E-state index is 0.0125. The largest absolute Gasteiger partial charge is 0.436 e. The first-order chi connectivity index (χ1) is 14.5. The number of hydrogen-bond donors (Lipinski definition) is 0. The number of carbonyl (C=O) groups excluding carboxylic acids is 1. The van der Waals surface area contributed by atoms with Gasteiger partial charge in [0, 0.05) is 37.3 Å². The van der Waals surface area contributed by atoms with Crippen molar-refractivity contribution in [2.24, 2.45) is 0 Å². The summed E-state index contributed by atoms with van der Waals surface area (Å²) in [6, 6.07) is 15.5. The molecule has 7 heteroatoms. The van der Waals surface area contributed by atoms with Crippen molar-refractivity contribution in [3.8, 4) is 11.6 Å². The third-order valence-corrected chi connectivity index (χ3v) is 5.19. The van der Waals surface area contributed by atoms with E-state index in [0.29, 0.717) is 31.0 Å². The molecule has 0 radical (unpaired) electrons. The molecule has 1 amide bonds. The van der Waals surface area contributed by atoms with Crippen LogP contribution in [0.25, 0.3) is 0 Å². The smallest absolute Gasteiger partial charge is 0.254 e. The zero-order valence-electron chi connectivity index (χ0n) is 17.0. The number of carbonyl (C=O) groups is 1. The normalized spacial score (nSPS) is 16.4. The van der Waals surface area contributed by atoms with Crippen molar-refractivity contribution in [3.63, 3.8) is 0 Å². The van der Waals surface area contributed by atoms with Crippen molar-refractivity contribution in [1.29, 1.82) is 0 Å². The molecule has 0 bridgehead atoms. The Kier molecular flexibility index (Phi) is 5.61. The van der Waals surface area contributed by atoms with Crippen LogP contribution in [0.1, 0.15) is 22.8 Å². The van der Waals surface area contributed by atoms with E-state index >= 15 is 0 Å². The van der Waals surface area contributed by atoms with Crippen LogP contribution >= 0.6 is 0 Å². The fraction of sp³-hybridized carbons (Fsp3) is 0.261. The Bertz CT molecular complexity index is 1040. The zero-order valence-corrected chi connectivity index (χ0v) is 17.0. The number of amides is 1. The van der Waals surface area contributed by atoms with Gasteiger partial charge in [0.25, 0.3) is 5.91 Å². The number of hydrogen-bond acceptors (Lipinski definition) is 5. The standard InChI is InChI=1S/C23H23FN4O2/c1-16-7-9-18(10-8-16)23(29)28-12-11-27(14-17(28)2)21-13-22(26-15-25-21)30-20-6-4-3-5-19(20)24/h3-10,13,15,17H,11-12,14H2,1-2H3/t17-/m0/s1. The number of rotatable bonds is 4. The van der Waals surface area contributed by atoms with Crippen molar-refractivity contribution in [1.82, 2.24) is 14.9 Å². The number of ether oxygens (including phenoxy) is 1. The van der Waals surface area contributed by atoms with Gasteiger partial charge in [-0.25, -0.2) is 14.4 Å². The summed E-state index contributed by atoms with van der Waals surface area (Å²) in [7, 11) is 0. The molecule has 0 saturated carbocycles. The highest BCUT2D eigenvalue weighted by atomic mass is 19.1. The first-order valence-corrected chi connectivity index (χ1v) is 9.88. The first-order valence-electron chi connectivity index (χ1n) is 9.88. The number of aryl methyl sites for hydroxylation is 1. The summed E-state index contributed by atoms with van der Waals surface area (Å²) in [4.78, 5) is 25.3. The second-order valence-electron chi connectivity index (χ2n) is 7.41. The lowest BCUT2D eigenvalue weighted by Crippen LogP contribution is -2.54. The van der Waals surface area contributed by atoms with E-state index in [0.717, 1.165) is 5.56 Å². The predicted molar refractivity (Wildman–Crippen MR) is 112 cm³/mol. The summed E-state index contributed by atoms with van der Waals surface area (Å²) < 4.78 is 19.4. The van der Waals surface area contributed by atoms with E-state index in [4.69, 9.17) is 4.74 Å². The molecule has 3 aromatic rings. The van der Waals surface area contributed by atoms with E-state index in [9.17, 15) is 9.18 Å². The van der Waals surface area contributed by atoms with Crippen LogP contribution in [0.5, 0.6) is 11.6 Å². The number of para-hydroxylation sites is 1. The quantitative estimate of drug-likeness (QED) is 0.654. The molecule has 0 unspecified atom stereocenters. The number of halogens is 1.